The lowest BCUT2D eigenvalue weighted by Gasteiger charge is -2.08. The van der Waals surface area contributed by atoms with Gasteiger partial charge in [-0.25, -0.2) is 4.39 Å². The van der Waals surface area contributed by atoms with E-state index in [1.54, 1.807) is 18.3 Å². The Hall–Kier alpha value is -2.25. The van der Waals surface area contributed by atoms with Crippen LogP contribution >= 0.6 is 24.0 Å². The van der Waals surface area contributed by atoms with Gasteiger partial charge in [0.1, 0.15) is 18.2 Å². The largest absolute Gasteiger partial charge is 0.489 e. The maximum absolute atomic E-state index is 12.9. The molecule has 3 rings (SSSR count). The number of thiocarbonyl (C=S) groups is 1. The highest BCUT2D eigenvalue weighted by Gasteiger charge is 2.25. The molecule has 1 fully saturated rings. The van der Waals surface area contributed by atoms with Gasteiger partial charge < -0.3 is 4.74 Å². The lowest BCUT2D eigenvalue weighted by molar-refractivity contribution is -0.123. The van der Waals surface area contributed by atoms with E-state index in [0.29, 0.717) is 22.4 Å². The van der Waals surface area contributed by atoms with Crippen LogP contribution in [0.15, 0.2) is 53.6 Å². The molecule has 0 unspecified atom stereocenters. The summed E-state index contributed by atoms with van der Waals surface area (Å²) < 4.78 is 19.0. The van der Waals surface area contributed by atoms with Gasteiger partial charge in [0.25, 0.3) is 5.91 Å². The Kier molecular flexibility index (Phi) is 5.22. The second kappa shape index (κ2) is 7.55. The van der Waals surface area contributed by atoms with Crippen molar-refractivity contribution < 1.29 is 13.9 Å². The molecular weight excluding hydrogens is 347 g/mol. The average molecular weight is 360 g/mol. The normalized spacial score (nSPS) is 14.6. The van der Waals surface area contributed by atoms with Crippen LogP contribution < -0.4 is 4.74 Å². The SMILES string of the molecule is O=C1CSC(=S)N1/N=C/c1cccc(OCc2ccc(F)cc2)c1. The van der Waals surface area contributed by atoms with Crippen molar-refractivity contribution in [2.24, 2.45) is 5.10 Å². The van der Waals surface area contributed by atoms with Gasteiger partial charge in [-0.3, -0.25) is 4.79 Å². The number of thioether (sulfide) groups is 1. The molecule has 1 saturated heterocycles. The molecule has 0 radical (unpaired) electrons. The summed E-state index contributed by atoms with van der Waals surface area (Å²) >= 11 is 6.37. The van der Waals surface area contributed by atoms with Crippen molar-refractivity contribution in [1.82, 2.24) is 5.01 Å². The lowest BCUT2D eigenvalue weighted by atomic mass is 10.2. The van der Waals surface area contributed by atoms with Gasteiger partial charge in [0.2, 0.25) is 0 Å². The Balaban J connectivity index is 1.64. The number of carbonyl (C=O) groups excluding carboxylic acids is 1. The highest BCUT2D eigenvalue weighted by atomic mass is 32.2. The van der Waals surface area contributed by atoms with Crippen molar-refractivity contribution in [1.29, 1.82) is 0 Å². The van der Waals surface area contributed by atoms with E-state index in [4.69, 9.17) is 17.0 Å². The van der Waals surface area contributed by atoms with Crippen LogP contribution in [0.1, 0.15) is 11.1 Å². The van der Waals surface area contributed by atoms with Crippen LogP contribution in [0, 0.1) is 5.82 Å². The van der Waals surface area contributed by atoms with Crippen LogP contribution in [0.4, 0.5) is 4.39 Å². The van der Waals surface area contributed by atoms with Gasteiger partial charge in [0.05, 0.1) is 12.0 Å². The standard InChI is InChI=1S/C17H13FN2O2S2/c18-14-6-4-12(5-7-14)10-22-15-3-1-2-13(8-15)9-19-20-16(21)11-24-17(20)23/h1-9H,10-11H2/b19-9+. The third-order valence-electron chi connectivity index (χ3n) is 3.23. The number of hydrogen-bond donors (Lipinski definition) is 0. The summed E-state index contributed by atoms with van der Waals surface area (Å²) in [6, 6.07) is 13.5. The molecule has 2 aromatic rings. The van der Waals surface area contributed by atoms with Gasteiger partial charge in [-0.05, 0) is 35.4 Å². The first kappa shape index (κ1) is 16.6. The number of rotatable bonds is 5. The summed E-state index contributed by atoms with van der Waals surface area (Å²) in [5.41, 5.74) is 1.67. The van der Waals surface area contributed by atoms with Crippen molar-refractivity contribution in [2.45, 2.75) is 6.61 Å². The van der Waals surface area contributed by atoms with Crippen LogP contribution in [-0.2, 0) is 11.4 Å². The zero-order valence-corrected chi connectivity index (χ0v) is 14.1. The fraction of sp³-hybridized carbons (Fsp3) is 0.118. The number of halogens is 1. The first-order valence-electron chi connectivity index (χ1n) is 7.13. The molecule has 122 valence electrons. The molecule has 1 heterocycles. The molecule has 7 heteroatoms. The maximum Gasteiger partial charge on any atom is 0.259 e. The van der Waals surface area contributed by atoms with Crippen molar-refractivity contribution in [2.75, 3.05) is 5.75 Å². The highest BCUT2D eigenvalue weighted by Crippen LogP contribution is 2.20. The smallest absolute Gasteiger partial charge is 0.259 e. The molecule has 1 aliphatic heterocycles. The Morgan fingerprint density at radius 1 is 1.29 bits per heavy atom. The zero-order chi connectivity index (χ0) is 16.9. The Labute approximate surface area is 148 Å². The third-order valence-corrected chi connectivity index (χ3v) is 4.57. The fourth-order valence-corrected chi connectivity index (χ4v) is 2.98. The topological polar surface area (TPSA) is 41.9 Å². The predicted octanol–water partition coefficient (Wildman–Crippen LogP) is 3.60. The molecule has 0 aliphatic carbocycles. The van der Waals surface area contributed by atoms with Crippen LogP contribution in [0.3, 0.4) is 0 Å². The number of hydrazone groups is 1. The summed E-state index contributed by atoms with van der Waals surface area (Å²) in [6.07, 6.45) is 1.57. The summed E-state index contributed by atoms with van der Waals surface area (Å²) in [6.45, 7) is 0.339. The average Bonchev–Trinajstić information content (AvgIpc) is 2.91. The molecular formula is C17H13FN2O2S2. The minimum Gasteiger partial charge on any atom is -0.489 e. The van der Waals surface area contributed by atoms with E-state index >= 15 is 0 Å². The summed E-state index contributed by atoms with van der Waals surface area (Å²) in [7, 11) is 0. The number of hydrogen-bond acceptors (Lipinski definition) is 5. The molecule has 0 saturated carbocycles. The minimum atomic E-state index is -0.274. The third kappa shape index (κ3) is 4.18. The first-order chi connectivity index (χ1) is 11.6. The second-order valence-corrected chi connectivity index (χ2v) is 6.60. The number of carbonyl (C=O) groups is 1. The van der Waals surface area contributed by atoms with E-state index in [9.17, 15) is 9.18 Å². The highest BCUT2D eigenvalue weighted by molar-refractivity contribution is 8.23. The second-order valence-electron chi connectivity index (χ2n) is 4.99. The molecule has 0 aromatic heterocycles. The van der Waals surface area contributed by atoms with E-state index in [1.165, 1.54) is 28.9 Å². The molecule has 4 nitrogen and oxygen atoms in total. The fourth-order valence-electron chi connectivity index (χ4n) is 2.02. The Morgan fingerprint density at radius 3 is 2.79 bits per heavy atom. The van der Waals surface area contributed by atoms with Gasteiger partial charge in [0.15, 0.2) is 4.32 Å². The summed E-state index contributed by atoms with van der Waals surface area (Å²) in [5, 5.41) is 5.35. The maximum atomic E-state index is 12.9. The molecule has 0 atom stereocenters. The monoisotopic (exact) mass is 360 g/mol. The van der Waals surface area contributed by atoms with Gasteiger partial charge in [-0.2, -0.15) is 10.1 Å². The van der Waals surface area contributed by atoms with Crippen LogP contribution in [0.25, 0.3) is 0 Å². The summed E-state index contributed by atoms with van der Waals surface area (Å²) in [5.74, 6) is 0.596. The van der Waals surface area contributed by atoms with Crippen LogP contribution in [0.2, 0.25) is 0 Å². The molecule has 24 heavy (non-hydrogen) atoms. The molecule has 2 aromatic carbocycles. The van der Waals surface area contributed by atoms with E-state index in [0.717, 1.165) is 11.1 Å². The van der Waals surface area contributed by atoms with Crippen molar-refractivity contribution in [3.05, 3.63) is 65.5 Å². The van der Waals surface area contributed by atoms with E-state index in [1.807, 2.05) is 24.3 Å². The minimum absolute atomic E-state index is 0.120. The van der Waals surface area contributed by atoms with Gasteiger partial charge in [-0.1, -0.05) is 48.2 Å². The quantitative estimate of drug-likeness (QED) is 0.604. The zero-order valence-electron chi connectivity index (χ0n) is 12.5. The number of amides is 1. The molecule has 1 amide bonds. The molecule has 1 aliphatic rings. The molecule has 0 N–H and O–H groups in total. The van der Waals surface area contributed by atoms with Crippen LogP contribution in [0.5, 0.6) is 5.75 Å². The molecule has 0 bridgehead atoms. The van der Waals surface area contributed by atoms with Crippen molar-refractivity contribution >= 4 is 40.4 Å². The van der Waals surface area contributed by atoms with Crippen molar-refractivity contribution in [3.8, 4) is 5.75 Å². The van der Waals surface area contributed by atoms with Gasteiger partial charge >= 0.3 is 0 Å². The van der Waals surface area contributed by atoms with Crippen molar-refractivity contribution in [3.63, 3.8) is 0 Å². The Bertz CT molecular complexity index is 777. The Morgan fingerprint density at radius 2 is 2.08 bits per heavy atom. The number of ether oxygens (including phenoxy) is 1. The lowest BCUT2D eigenvalue weighted by Crippen LogP contribution is -2.22. The van der Waals surface area contributed by atoms with Crippen LogP contribution in [-0.4, -0.2) is 27.2 Å². The van der Waals surface area contributed by atoms with E-state index < -0.39 is 0 Å². The summed E-state index contributed by atoms with van der Waals surface area (Å²) in [4.78, 5) is 11.6. The van der Waals surface area contributed by atoms with Gasteiger partial charge in [0, 0.05) is 0 Å². The van der Waals surface area contributed by atoms with E-state index in [2.05, 4.69) is 5.10 Å². The number of benzene rings is 2. The number of nitrogens with zero attached hydrogens (tertiary/aromatic N) is 2. The first-order valence-corrected chi connectivity index (χ1v) is 8.52. The van der Waals surface area contributed by atoms with E-state index in [-0.39, 0.29) is 11.7 Å². The molecule has 0 spiro atoms. The van der Waals surface area contributed by atoms with Gasteiger partial charge in [-0.15, -0.1) is 0 Å². The predicted molar refractivity (Wildman–Crippen MR) is 96.7 cm³/mol.